The van der Waals surface area contributed by atoms with Crippen LogP contribution in [-0.2, 0) is 0 Å². The molecule has 8 heteroatoms. The molecule has 3 rings (SSSR count). The van der Waals surface area contributed by atoms with Crippen molar-refractivity contribution in [2.24, 2.45) is 0 Å². The van der Waals surface area contributed by atoms with Gasteiger partial charge in [-0.25, -0.2) is 18.7 Å². The number of nitrogens with one attached hydrogen (secondary N) is 2. The molecule has 0 aliphatic heterocycles. The van der Waals surface area contributed by atoms with Gasteiger partial charge in [0, 0.05) is 6.20 Å². The van der Waals surface area contributed by atoms with Crippen LogP contribution in [0.15, 0.2) is 54.7 Å². The summed E-state index contributed by atoms with van der Waals surface area (Å²) in [6.45, 7) is 0. The van der Waals surface area contributed by atoms with E-state index in [-0.39, 0.29) is 11.6 Å². The van der Waals surface area contributed by atoms with E-state index in [0.29, 0.717) is 11.3 Å². The molecule has 128 valence electrons. The number of rotatable bonds is 4. The Hall–Kier alpha value is -3.86. The molecule has 0 aliphatic rings. The van der Waals surface area contributed by atoms with E-state index in [0.717, 1.165) is 12.1 Å². The molecular weight excluding hydrogens is 340 g/mol. The van der Waals surface area contributed by atoms with Crippen molar-refractivity contribution in [3.8, 4) is 6.07 Å². The van der Waals surface area contributed by atoms with Crippen LogP contribution >= 0.6 is 0 Å². The highest BCUT2D eigenvalue weighted by Gasteiger charge is 2.14. The molecule has 0 aliphatic carbocycles. The Balaban J connectivity index is 1.83. The van der Waals surface area contributed by atoms with Gasteiger partial charge in [-0.2, -0.15) is 5.26 Å². The molecule has 0 saturated carbocycles. The Morgan fingerprint density at radius 2 is 1.77 bits per heavy atom. The lowest BCUT2D eigenvalue weighted by molar-refractivity contribution is 0.102. The first kappa shape index (κ1) is 17.0. The molecule has 2 aromatic carbocycles. The van der Waals surface area contributed by atoms with Crippen LogP contribution in [0.25, 0.3) is 0 Å². The second kappa shape index (κ2) is 7.36. The predicted molar refractivity (Wildman–Crippen MR) is 90.8 cm³/mol. The number of hydrogen-bond donors (Lipinski definition) is 2. The van der Waals surface area contributed by atoms with Gasteiger partial charge < -0.3 is 10.6 Å². The van der Waals surface area contributed by atoms with Crippen molar-refractivity contribution >= 4 is 23.2 Å². The largest absolute Gasteiger partial charge is 0.319 e. The lowest BCUT2D eigenvalue weighted by atomic mass is 10.2. The third kappa shape index (κ3) is 3.62. The molecule has 0 fully saturated rings. The summed E-state index contributed by atoms with van der Waals surface area (Å²) < 4.78 is 27.4. The summed E-state index contributed by atoms with van der Waals surface area (Å²) >= 11 is 0. The number of anilines is 3. The highest BCUT2D eigenvalue weighted by Crippen LogP contribution is 2.21. The first-order valence-corrected chi connectivity index (χ1v) is 7.43. The lowest BCUT2D eigenvalue weighted by Crippen LogP contribution is -2.15. The van der Waals surface area contributed by atoms with Crippen molar-refractivity contribution in [1.29, 1.82) is 5.26 Å². The lowest BCUT2D eigenvalue weighted by Gasteiger charge is -2.09. The maximum atomic E-state index is 13.7. The van der Waals surface area contributed by atoms with E-state index in [2.05, 4.69) is 20.6 Å². The zero-order valence-corrected chi connectivity index (χ0v) is 13.2. The van der Waals surface area contributed by atoms with E-state index < -0.39 is 23.2 Å². The van der Waals surface area contributed by atoms with Gasteiger partial charge in [0.25, 0.3) is 5.91 Å². The maximum absolute atomic E-state index is 13.7. The molecule has 6 nitrogen and oxygen atoms in total. The van der Waals surface area contributed by atoms with Crippen LogP contribution in [0.2, 0.25) is 0 Å². The third-order valence-electron chi connectivity index (χ3n) is 3.38. The minimum absolute atomic E-state index is 0.0352. The minimum Gasteiger partial charge on any atom is -0.319 e. The second-order valence-corrected chi connectivity index (χ2v) is 5.10. The molecule has 1 amide bonds. The molecule has 0 saturated heterocycles. The molecule has 0 unspecified atom stereocenters. The first-order chi connectivity index (χ1) is 12.6. The predicted octanol–water partition coefficient (Wildman–Crippen LogP) is 3.62. The van der Waals surface area contributed by atoms with Gasteiger partial charge >= 0.3 is 0 Å². The van der Waals surface area contributed by atoms with E-state index >= 15 is 0 Å². The van der Waals surface area contributed by atoms with E-state index in [1.807, 2.05) is 6.07 Å². The zero-order valence-electron chi connectivity index (χ0n) is 13.2. The van der Waals surface area contributed by atoms with E-state index in [4.69, 9.17) is 5.26 Å². The van der Waals surface area contributed by atoms with Crippen LogP contribution in [0.5, 0.6) is 0 Å². The average Bonchev–Trinajstić information content (AvgIpc) is 2.65. The Morgan fingerprint density at radius 3 is 2.50 bits per heavy atom. The molecule has 0 radical (unpaired) electrons. The summed E-state index contributed by atoms with van der Waals surface area (Å²) in [4.78, 5) is 20.1. The topological polar surface area (TPSA) is 90.7 Å². The number of hydrogen-bond acceptors (Lipinski definition) is 5. The van der Waals surface area contributed by atoms with Crippen molar-refractivity contribution in [1.82, 2.24) is 9.97 Å². The molecule has 1 heterocycles. The van der Waals surface area contributed by atoms with Gasteiger partial charge in [-0.1, -0.05) is 18.2 Å². The van der Waals surface area contributed by atoms with Crippen LogP contribution in [0.4, 0.5) is 26.1 Å². The number of benzene rings is 2. The molecule has 3 aromatic rings. The van der Waals surface area contributed by atoms with Gasteiger partial charge in [0.2, 0.25) is 5.95 Å². The summed E-state index contributed by atoms with van der Waals surface area (Å²) in [5, 5.41) is 14.0. The highest BCUT2D eigenvalue weighted by molar-refractivity contribution is 6.03. The van der Waals surface area contributed by atoms with E-state index in [9.17, 15) is 13.6 Å². The van der Waals surface area contributed by atoms with Crippen molar-refractivity contribution in [2.45, 2.75) is 0 Å². The Morgan fingerprint density at radius 1 is 1.04 bits per heavy atom. The number of aromatic nitrogens is 2. The van der Waals surface area contributed by atoms with Gasteiger partial charge in [0.15, 0.2) is 0 Å². The molecule has 1 aromatic heterocycles. The smallest absolute Gasteiger partial charge is 0.274 e. The van der Waals surface area contributed by atoms with Gasteiger partial charge in [-0.3, -0.25) is 4.79 Å². The number of carbonyl (C=O) groups is 1. The second-order valence-electron chi connectivity index (χ2n) is 5.10. The fraction of sp³-hybridized carbons (Fsp3) is 0. The third-order valence-corrected chi connectivity index (χ3v) is 3.38. The quantitative estimate of drug-likeness (QED) is 0.749. The molecule has 0 bridgehead atoms. The number of para-hydroxylation sites is 2. The number of nitriles is 1. The summed E-state index contributed by atoms with van der Waals surface area (Å²) in [5.41, 5.74) is 0.168. The molecule has 2 N–H and O–H groups in total. The van der Waals surface area contributed by atoms with Crippen molar-refractivity contribution in [3.63, 3.8) is 0 Å². The van der Waals surface area contributed by atoms with Gasteiger partial charge in [0.05, 0.1) is 11.3 Å². The summed E-state index contributed by atoms with van der Waals surface area (Å²) in [6, 6.07) is 13.2. The molecular formula is C18H11F2N5O. The Bertz CT molecular complexity index is 996. The van der Waals surface area contributed by atoms with Crippen LogP contribution in [0.1, 0.15) is 16.1 Å². The number of carbonyl (C=O) groups excluding carboxylic acids is 1. The van der Waals surface area contributed by atoms with Gasteiger partial charge in [-0.05, 0) is 30.3 Å². The maximum Gasteiger partial charge on any atom is 0.274 e. The van der Waals surface area contributed by atoms with Crippen molar-refractivity contribution in [2.75, 3.05) is 10.6 Å². The number of amides is 1. The normalized spacial score (nSPS) is 10.0. The fourth-order valence-corrected chi connectivity index (χ4v) is 2.15. The minimum atomic E-state index is -0.814. The fourth-order valence-electron chi connectivity index (χ4n) is 2.15. The van der Waals surface area contributed by atoms with Crippen LogP contribution in [-0.4, -0.2) is 15.9 Å². The molecule has 26 heavy (non-hydrogen) atoms. The SMILES string of the molecule is N#Cc1ccccc1NC(=O)c1ccnc(Nc2c(F)cccc2F)n1. The number of halogens is 2. The average molecular weight is 351 g/mol. The van der Waals surface area contributed by atoms with Crippen LogP contribution in [0.3, 0.4) is 0 Å². The van der Waals surface area contributed by atoms with Gasteiger partial charge in [0.1, 0.15) is 29.1 Å². The number of nitrogens with zero attached hydrogens (tertiary/aromatic N) is 3. The van der Waals surface area contributed by atoms with Crippen LogP contribution in [0, 0.1) is 23.0 Å². The first-order valence-electron chi connectivity index (χ1n) is 7.43. The Kier molecular flexibility index (Phi) is 4.80. The van der Waals surface area contributed by atoms with Crippen molar-refractivity contribution < 1.29 is 13.6 Å². The van der Waals surface area contributed by atoms with Gasteiger partial charge in [-0.15, -0.1) is 0 Å². The summed E-state index contributed by atoms with van der Waals surface area (Å²) in [7, 11) is 0. The monoisotopic (exact) mass is 351 g/mol. The zero-order chi connectivity index (χ0) is 18.5. The van der Waals surface area contributed by atoms with Crippen molar-refractivity contribution in [3.05, 3.63) is 77.6 Å². The summed E-state index contributed by atoms with van der Waals surface area (Å²) in [5.74, 6) is -2.36. The molecule has 0 atom stereocenters. The molecule has 0 spiro atoms. The van der Waals surface area contributed by atoms with Crippen LogP contribution < -0.4 is 10.6 Å². The Labute approximate surface area is 147 Å². The summed E-state index contributed by atoms with van der Waals surface area (Å²) in [6.07, 6.45) is 1.28. The highest BCUT2D eigenvalue weighted by atomic mass is 19.1. The van der Waals surface area contributed by atoms with E-state index in [1.165, 1.54) is 18.3 Å². The van der Waals surface area contributed by atoms with E-state index in [1.54, 1.807) is 24.3 Å². The standard InChI is InChI=1S/C18H11F2N5O/c19-12-5-3-6-13(20)16(12)25-18-22-9-8-15(24-18)17(26)23-14-7-2-1-4-11(14)10-21/h1-9H,(H,23,26)(H,22,24,25).